The fourth-order valence-electron chi connectivity index (χ4n) is 4.45. The number of para-hydroxylation sites is 1. The number of H-pyrrole nitrogens is 1. The van der Waals surface area contributed by atoms with E-state index in [0.717, 1.165) is 22.0 Å². The highest BCUT2D eigenvalue weighted by Crippen LogP contribution is 2.29. The average Bonchev–Trinajstić information content (AvgIpc) is 3.54. The van der Waals surface area contributed by atoms with Crippen LogP contribution in [-0.4, -0.2) is 40.6 Å². The number of carboxylic acids is 1. The number of benzene rings is 3. The summed E-state index contributed by atoms with van der Waals surface area (Å²) in [7, 11) is -4.05. The summed E-state index contributed by atoms with van der Waals surface area (Å²) in [6, 6.07) is 18.9. The van der Waals surface area contributed by atoms with Crippen molar-refractivity contribution in [2.45, 2.75) is 30.4 Å². The Balaban J connectivity index is 1.46. The van der Waals surface area contributed by atoms with Gasteiger partial charge in [0.15, 0.2) is 15.0 Å². The molecule has 39 heavy (non-hydrogen) atoms. The summed E-state index contributed by atoms with van der Waals surface area (Å²) in [4.78, 5) is 32.6. The molecule has 0 fully saturated rings. The van der Waals surface area contributed by atoms with Crippen molar-refractivity contribution < 1.29 is 23.1 Å². The zero-order chi connectivity index (χ0) is 27.7. The Morgan fingerprint density at radius 2 is 1.79 bits per heavy atom. The van der Waals surface area contributed by atoms with E-state index in [2.05, 4.69) is 15.3 Å². The molecule has 0 bridgehead atoms. The Bertz CT molecular complexity index is 1800. The van der Waals surface area contributed by atoms with Crippen molar-refractivity contribution in [3.8, 4) is 11.3 Å². The minimum Gasteiger partial charge on any atom is -0.478 e. The summed E-state index contributed by atoms with van der Waals surface area (Å²) in [5.41, 5.74) is 4.50. The van der Waals surface area contributed by atoms with Crippen LogP contribution in [0.1, 0.15) is 27.0 Å². The third-order valence-electron chi connectivity index (χ3n) is 6.58. The maximum atomic E-state index is 13.8. The Labute approximate surface area is 229 Å². The van der Waals surface area contributed by atoms with Gasteiger partial charge in [-0.05, 0) is 55.3 Å². The van der Waals surface area contributed by atoms with Crippen molar-refractivity contribution in [2.24, 2.45) is 0 Å². The summed E-state index contributed by atoms with van der Waals surface area (Å²) in [5, 5.41) is 13.4. The number of carboxylic acid groups (broad SMARTS) is 1. The van der Waals surface area contributed by atoms with Crippen molar-refractivity contribution >= 4 is 49.1 Å². The predicted molar refractivity (Wildman–Crippen MR) is 152 cm³/mol. The minimum atomic E-state index is -4.05. The highest BCUT2D eigenvalue weighted by atomic mass is 32.2. The predicted octanol–water partition coefficient (Wildman–Crippen LogP) is 5.63. The maximum Gasteiger partial charge on any atom is 0.335 e. The number of nitrogens with zero attached hydrogens (tertiary/aromatic N) is 1. The van der Waals surface area contributed by atoms with Crippen LogP contribution in [0, 0.1) is 13.8 Å². The van der Waals surface area contributed by atoms with Crippen LogP contribution in [0.2, 0.25) is 0 Å². The van der Waals surface area contributed by atoms with Gasteiger partial charge >= 0.3 is 5.97 Å². The summed E-state index contributed by atoms with van der Waals surface area (Å²) in [6.45, 7) is 3.57. The summed E-state index contributed by atoms with van der Waals surface area (Å²) in [6.07, 6.45) is 1.71. The number of hydrogen-bond donors (Lipinski definition) is 3. The first-order chi connectivity index (χ1) is 18.6. The van der Waals surface area contributed by atoms with E-state index in [4.69, 9.17) is 0 Å². The largest absolute Gasteiger partial charge is 0.478 e. The van der Waals surface area contributed by atoms with Crippen LogP contribution in [-0.2, 0) is 21.1 Å². The number of thiazole rings is 1. The number of amides is 1. The topological polar surface area (TPSA) is 129 Å². The lowest BCUT2D eigenvalue weighted by molar-refractivity contribution is -0.115. The molecular formula is C29H25N3O5S2. The molecule has 1 amide bonds. The van der Waals surface area contributed by atoms with Gasteiger partial charge < -0.3 is 15.4 Å². The molecule has 0 aliphatic rings. The van der Waals surface area contributed by atoms with E-state index in [-0.39, 0.29) is 22.0 Å². The molecule has 3 aromatic carbocycles. The van der Waals surface area contributed by atoms with E-state index in [0.29, 0.717) is 16.8 Å². The van der Waals surface area contributed by atoms with Crippen molar-refractivity contribution in [3.63, 3.8) is 0 Å². The molecule has 5 aromatic rings. The van der Waals surface area contributed by atoms with Crippen LogP contribution >= 0.6 is 11.3 Å². The molecule has 0 aliphatic heterocycles. The number of rotatable bonds is 8. The number of carbonyl (C=O) groups is 2. The van der Waals surface area contributed by atoms with Crippen molar-refractivity contribution in [1.29, 1.82) is 0 Å². The van der Waals surface area contributed by atoms with Gasteiger partial charge in [-0.15, -0.1) is 11.3 Å². The lowest BCUT2D eigenvalue weighted by Crippen LogP contribution is -2.37. The van der Waals surface area contributed by atoms with Crippen molar-refractivity contribution in [3.05, 3.63) is 101 Å². The lowest BCUT2D eigenvalue weighted by atomic mass is 10.0. The second-order valence-corrected chi connectivity index (χ2v) is 12.3. The first-order valence-electron chi connectivity index (χ1n) is 12.1. The molecule has 0 aliphatic carbocycles. The number of nitrogens with one attached hydrogen (secondary N) is 2. The first-order valence-corrected chi connectivity index (χ1v) is 14.5. The molecule has 5 rings (SSSR count). The van der Waals surface area contributed by atoms with E-state index in [1.165, 1.54) is 29.5 Å². The fourth-order valence-corrected chi connectivity index (χ4v) is 6.75. The van der Waals surface area contributed by atoms with E-state index in [1.807, 2.05) is 31.2 Å². The van der Waals surface area contributed by atoms with Crippen LogP contribution in [0.25, 0.3) is 22.2 Å². The van der Waals surface area contributed by atoms with Gasteiger partial charge in [-0.3, -0.25) is 4.79 Å². The Hall–Kier alpha value is -4.28. The second-order valence-electron chi connectivity index (χ2n) is 9.27. The van der Waals surface area contributed by atoms with Gasteiger partial charge in [-0.1, -0.05) is 42.0 Å². The average molecular weight is 560 g/mol. The molecule has 10 heteroatoms. The molecule has 1 unspecified atom stereocenters. The summed E-state index contributed by atoms with van der Waals surface area (Å²) >= 11 is 1.17. The van der Waals surface area contributed by atoms with E-state index in [9.17, 15) is 23.1 Å². The van der Waals surface area contributed by atoms with Crippen LogP contribution in [0.3, 0.4) is 0 Å². The van der Waals surface area contributed by atoms with Gasteiger partial charge in [-0.2, -0.15) is 0 Å². The number of aryl methyl sites for hydroxylation is 2. The molecule has 2 heterocycles. The van der Waals surface area contributed by atoms with Gasteiger partial charge in [0.05, 0.1) is 16.2 Å². The zero-order valence-electron chi connectivity index (χ0n) is 21.1. The number of aromatic nitrogens is 2. The summed E-state index contributed by atoms with van der Waals surface area (Å²) in [5.74, 6) is -1.69. The Morgan fingerprint density at radius 3 is 2.51 bits per heavy atom. The monoisotopic (exact) mass is 559 g/mol. The standard InChI is InChI=1S/C29H25N3O5S2/c1-17-7-10-21(11-8-17)39(36,37)26(14-20-15-30-24-6-4-3-5-23(20)24)27(33)32-29-31-25(16-38-29)19-9-12-22(28(34)35)18(2)13-19/h3-13,15-16,26,30H,14H2,1-2H3,(H,34,35)(H,31,32,33). The van der Waals surface area contributed by atoms with Gasteiger partial charge in [0.25, 0.3) is 0 Å². The number of fused-ring (bicyclic) bond motifs is 1. The molecule has 198 valence electrons. The zero-order valence-corrected chi connectivity index (χ0v) is 22.8. The number of carbonyl (C=O) groups excluding carboxylic acids is 1. The number of aromatic carboxylic acids is 1. The van der Waals surface area contributed by atoms with Crippen molar-refractivity contribution in [2.75, 3.05) is 5.32 Å². The third-order valence-corrected chi connectivity index (χ3v) is 9.40. The normalized spacial score (nSPS) is 12.4. The van der Waals surface area contributed by atoms with Gasteiger partial charge in [-0.25, -0.2) is 18.2 Å². The smallest absolute Gasteiger partial charge is 0.335 e. The molecule has 0 radical (unpaired) electrons. The SMILES string of the molecule is Cc1ccc(S(=O)(=O)C(Cc2c[nH]c3ccccc23)C(=O)Nc2nc(-c3ccc(C(=O)O)c(C)c3)cs2)cc1. The molecule has 0 spiro atoms. The third kappa shape index (κ3) is 5.34. The van der Waals surface area contributed by atoms with E-state index in [1.54, 1.807) is 42.8 Å². The molecule has 8 nitrogen and oxygen atoms in total. The molecule has 0 saturated carbocycles. The van der Waals surface area contributed by atoms with Crippen LogP contribution in [0.4, 0.5) is 5.13 Å². The second kappa shape index (κ2) is 10.5. The molecule has 0 saturated heterocycles. The Morgan fingerprint density at radius 1 is 1.05 bits per heavy atom. The molecule has 1 atom stereocenters. The van der Waals surface area contributed by atoms with Crippen LogP contribution in [0.5, 0.6) is 0 Å². The highest BCUT2D eigenvalue weighted by molar-refractivity contribution is 7.92. The number of sulfone groups is 1. The fraction of sp³-hybridized carbons (Fsp3) is 0.138. The van der Waals surface area contributed by atoms with Crippen molar-refractivity contribution in [1.82, 2.24) is 9.97 Å². The van der Waals surface area contributed by atoms with E-state index < -0.39 is 27.0 Å². The van der Waals surface area contributed by atoms with Gasteiger partial charge in [0, 0.05) is 34.5 Å². The van der Waals surface area contributed by atoms with Gasteiger partial charge in [0.1, 0.15) is 5.25 Å². The van der Waals surface area contributed by atoms with Crippen LogP contribution < -0.4 is 5.32 Å². The quantitative estimate of drug-likeness (QED) is 0.226. The maximum absolute atomic E-state index is 13.8. The van der Waals surface area contributed by atoms with E-state index >= 15 is 0 Å². The Kier molecular flexibility index (Phi) is 7.07. The first kappa shape index (κ1) is 26.3. The van der Waals surface area contributed by atoms with Crippen LogP contribution in [0.15, 0.2) is 83.2 Å². The van der Waals surface area contributed by atoms with Gasteiger partial charge in [0.2, 0.25) is 5.91 Å². The minimum absolute atomic E-state index is 0.0276. The number of aromatic amines is 1. The summed E-state index contributed by atoms with van der Waals surface area (Å²) < 4.78 is 27.5. The number of hydrogen-bond acceptors (Lipinski definition) is 6. The molecular weight excluding hydrogens is 534 g/mol. The highest BCUT2D eigenvalue weighted by Gasteiger charge is 2.35. The number of anilines is 1. The lowest BCUT2D eigenvalue weighted by Gasteiger charge is -2.17. The molecule has 2 aromatic heterocycles. The molecule has 3 N–H and O–H groups in total.